The summed E-state index contributed by atoms with van der Waals surface area (Å²) in [6, 6.07) is 7.35. The molecule has 1 atom stereocenters. The van der Waals surface area contributed by atoms with Gasteiger partial charge in [-0.3, -0.25) is 4.79 Å². The van der Waals surface area contributed by atoms with E-state index in [1.165, 1.54) is 0 Å². The fourth-order valence-electron chi connectivity index (χ4n) is 1.99. The molecule has 0 spiro atoms. The van der Waals surface area contributed by atoms with E-state index >= 15 is 0 Å². The summed E-state index contributed by atoms with van der Waals surface area (Å²) in [5, 5.41) is 2.89. The van der Waals surface area contributed by atoms with Crippen molar-refractivity contribution in [1.82, 2.24) is 5.32 Å². The Bertz CT molecular complexity index is 443. The lowest BCUT2D eigenvalue weighted by atomic mass is 10.1. The van der Waals surface area contributed by atoms with Gasteiger partial charge in [0.2, 0.25) is 5.91 Å². The molecule has 1 amide bonds. The minimum atomic E-state index is 0.129. The summed E-state index contributed by atoms with van der Waals surface area (Å²) in [5.41, 5.74) is 6.54. The number of rotatable bonds is 5. The van der Waals surface area contributed by atoms with Crippen molar-refractivity contribution in [3.8, 4) is 5.75 Å². The van der Waals surface area contributed by atoms with Crippen LogP contribution in [0.2, 0.25) is 0 Å². The molecule has 4 nitrogen and oxygen atoms in total. The third-order valence-electron chi connectivity index (χ3n) is 3.41. The van der Waals surface area contributed by atoms with Crippen LogP contribution in [0.3, 0.4) is 0 Å². The molecule has 0 aliphatic heterocycles. The molecule has 1 aromatic carbocycles. The van der Waals surface area contributed by atoms with Gasteiger partial charge in [0, 0.05) is 5.92 Å². The topological polar surface area (TPSA) is 64.3 Å². The largest absolute Gasteiger partial charge is 0.490 e. The maximum Gasteiger partial charge on any atom is 0.223 e. The van der Waals surface area contributed by atoms with Gasteiger partial charge in [-0.1, -0.05) is 26.0 Å². The second-order valence-electron chi connectivity index (χ2n) is 5.42. The second kappa shape index (κ2) is 4.88. The van der Waals surface area contributed by atoms with Crippen LogP contribution in [0.4, 0.5) is 5.69 Å². The minimum absolute atomic E-state index is 0.129. The van der Waals surface area contributed by atoms with Crippen LogP contribution < -0.4 is 15.8 Å². The number of anilines is 1. The lowest BCUT2D eigenvalue weighted by Crippen LogP contribution is -2.30. The number of nitrogens with two attached hydrogens (primary N) is 1. The van der Waals surface area contributed by atoms with Crippen LogP contribution >= 0.6 is 0 Å². The van der Waals surface area contributed by atoms with E-state index in [1.54, 1.807) is 6.07 Å². The quantitative estimate of drug-likeness (QED) is 0.617. The van der Waals surface area contributed by atoms with E-state index in [0.717, 1.165) is 6.42 Å². The molecule has 4 heteroatoms. The van der Waals surface area contributed by atoms with Crippen molar-refractivity contribution in [2.75, 3.05) is 18.9 Å². The Morgan fingerprint density at radius 2 is 2.17 bits per heavy atom. The molecule has 1 unspecified atom stereocenters. The molecule has 1 aliphatic carbocycles. The molecule has 0 saturated heterocycles. The zero-order chi connectivity index (χ0) is 13.2. The fourth-order valence-corrected chi connectivity index (χ4v) is 1.99. The van der Waals surface area contributed by atoms with E-state index in [9.17, 15) is 4.79 Å². The van der Waals surface area contributed by atoms with E-state index in [0.29, 0.717) is 24.6 Å². The first kappa shape index (κ1) is 12.7. The maximum absolute atomic E-state index is 11.7. The van der Waals surface area contributed by atoms with Gasteiger partial charge in [0.25, 0.3) is 0 Å². The van der Waals surface area contributed by atoms with Crippen molar-refractivity contribution in [2.45, 2.75) is 20.3 Å². The maximum atomic E-state index is 11.7. The molecule has 2 rings (SSSR count). The van der Waals surface area contributed by atoms with Gasteiger partial charge in [-0.15, -0.1) is 0 Å². The van der Waals surface area contributed by atoms with Crippen LogP contribution in [0.15, 0.2) is 24.3 Å². The number of hydrogen-bond acceptors (Lipinski definition) is 3. The van der Waals surface area contributed by atoms with Crippen molar-refractivity contribution in [3.63, 3.8) is 0 Å². The highest BCUT2D eigenvalue weighted by Crippen LogP contribution is 2.51. The number of ether oxygens (including phenoxy) is 1. The van der Waals surface area contributed by atoms with Crippen LogP contribution in [0.1, 0.15) is 20.3 Å². The monoisotopic (exact) mass is 248 g/mol. The standard InChI is InChI=1S/C14H20N2O2/c1-14(2)9-10(14)13(17)16-7-8-18-12-6-4-3-5-11(12)15/h3-6,10H,7-9,15H2,1-2H3,(H,16,17). The van der Waals surface area contributed by atoms with Crippen LogP contribution in [0, 0.1) is 11.3 Å². The van der Waals surface area contributed by atoms with Crippen LogP contribution in [0.5, 0.6) is 5.75 Å². The molecule has 1 aromatic rings. The Labute approximate surface area is 108 Å². The summed E-state index contributed by atoms with van der Waals surface area (Å²) in [6.45, 7) is 5.17. The summed E-state index contributed by atoms with van der Waals surface area (Å²) in [5.74, 6) is 0.961. The molecule has 0 radical (unpaired) electrons. The van der Waals surface area contributed by atoms with Gasteiger partial charge in [-0.2, -0.15) is 0 Å². The smallest absolute Gasteiger partial charge is 0.223 e. The number of nitrogen functional groups attached to an aromatic ring is 1. The first-order valence-corrected chi connectivity index (χ1v) is 6.26. The van der Waals surface area contributed by atoms with Crippen LogP contribution in [-0.2, 0) is 4.79 Å². The van der Waals surface area contributed by atoms with Crippen molar-refractivity contribution >= 4 is 11.6 Å². The molecule has 0 aromatic heterocycles. The third kappa shape index (κ3) is 2.94. The number of para-hydroxylation sites is 2. The normalized spacial score (nSPS) is 20.2. The number of benzene rings is 1. The highest BCUT2D eigenvalue weighted by Gasteiger charge is 2.50. The van der Waals surface area contributed by atoms with Gasteiger partial charge in [0.1, 0.15) is 12.4 Å². The average Bonchev–Trinajstić information content (AvgIpc) is 2.96. The first-order valence-electron chi connectivity index (χ1n) is 6.26. The predicted octanol–water partition coefficient (Wildman–Crippen LogP) is 1.81. The first-order chi connectivity index (χ1) is 8.50. The van der Waals surface area contributed by atoms with Crippen molar-refractivity contribution in [3.05, 3.63) is 24.3 Å². The summed E-state index contributed by atoms with van der Waals surface area (Å²) in [6.07, 6.45) is 0.978. The molecule has 1 saturated carbocycles. The number of carbonyl (C=O) groups is 1. The number of nitrogens with one attached hydrogen (secondary N) is 1. The Hall–Kier alpha value is -1.71. The SMILES string of the molecule is CC1(C)CC1C(=O)NCCOc1ccccc1N. The lowest BCUT2D eigenvalue weighted by Gasteiger charge is -2.10. The molecule has 18 heavy (non-hydrogen) atoms. The number of amides is 1. The van der Waals surface area contributed by atoms with Crippen LogP contribution in [-0.4, -0.2) is 19.1 Å². The molecule has 3 N–H and O–H groups in total. The van der Waals surface area contributed by atoms with Gasteiger partial charge >= 0.3 is 0 Å². The fraction of sp³-hybridized carbons (Fsp3) is 0.500. The zero-order valence-corrected chi connectivity index (χ0v) is 10.9. The van der Waals surface area contributed by atoms with E-state index in [-0.39, 0.29) is 17.2 Å². The van der Waals surface area contributed by atoms with E-state index in [1.807, 2.05) is 18.2 Å². The van der Waals surface area contributed by atoms with Crippen molar-refractivity contribution in [1.29, 1.82) is 0 Å². The number of hydrogen-bond donors (Lipinski definition) is 2. The molecule has 1 fully saturated rings. The molecule has 98 valence electrons. The summed E-state index contributed by atoms with van der Waals surface area (Å²) in [7, 11) is 0. The van der Waals surface area contributed by atoms with E-state index in [4.69, 9.17) is 10.5 Å². The Balaban J connectivity index is 1.68. The molecular weight excluding hydrogens is 228 g/mol. The molecule has 0 bridgehead atoms. The predicted molar refractivity (Wildman–Crippen MR) is 71.2 cm³/mol. The van der Waals surface area contributed by atoms with Gasteiger partial charge in [0.15, 0.2) is 0 Å². The minimum Gasteiger partial charge on any atom is -0.490 e. The third-order valence-corrected chi connectivity index (χ3v) is 3.41. The molecule has 0 heterocycles. The Morgan fingerprint density at radius 1 is 1.50 bits per heavy atom. The van der Waals surface area contributed by atoms with Gasteiger partial charge < -0.3 is 15.8 Å². The van der Waals surface area contributed by atoms with Gasteiger partial charge in [-0.05, 0) is 24.0 Å². The zero-order valence-electron chi connectivity index (χ0n) is 10.9. The van der Waals surface area contributed by atoms with Crippen molar-refractivity contribution in [2.24, 2.45) is 11.3 Å². The van der Waals surface area contributed by atoms with E-state index in [2.05, 4.69) is 19.2 Å². The van der Waals surface area contributed by atoms with Crippen molar-refractivity contribution < 1.29 is 9.53 Å². The van der Waals surface area contributed by atoms with Crippen LogP contribution in [0.25, 0.3) is 0 Å². The lowest BCUT2D eigenvalue weighted by molar-refractivity contribution is -0.123. The van der Waals surface area contributed by atoms with Gasteiger partial charge in [-0.25, -0.2) is 0 Å². The summed E-state index contributed by atoms with van der Waals surface area (Å²) >= 11 is 0. The number of carbonyl (C=O) groups excluding carboxylic acids is 1. The summed E-state index contributed by atoms with van der Waals surface area (Å²) < 4.78 is 5.50. The Morgan fingerprint density at radius 3 is 2.78 bits per heavy atom. The summed E-state index contributed by atoms with van der Waals surface area (Å²) in [4.78, 5) is 11.7. The highest BCUT2D eigenvalue weighted by molar-refractivity contribution is 5.82. The van der Waals surface area contributed by atoms with E-state index < -0.39 is 0 Å². The molecule has 1 aliphatic rings. The average molecular weight is 248 g/mol. The second-order valence-corrected chi connectivity index (χ2v) is 5.42. The molecular formula is C14H20N2O2. The Kier molecular flexibility index (Phi) is 3.45. The highest BCUT2D eigenvalue weighted by atomic mass is 16.5. The van der Waals surface area contributed by atoms with Gasteiger partial charge in [0.05, 0.1) is 12.2 Å².